The van der Waals surface area contributed by atoms with E-state index in [-0.39, 0.29) is 5.78 Å². The van der Waals surface area contributed by atoms with Gasteiger partial charge in [0.05, 0.1) is 12.1 Å². The van der Waals surface area contributed by atoms with Crippen molar-refractivity contribution < 1.29 is 14.3 Å². The van der Waals surface area contributed by atoms with Gasteiger partial charge in [0, 0.05) is 46.3 Å². The molecule has 6 nitrogen and oxygen atoms in total. The van der Waals surface area contributed by atoms with Crippen LogP contribution in [0.4, 0.5) is 4.79 Å². The van der Waals surface area contributed by atoms with Crippen molar-refractivity contribution in [1.82, 2.24) is 14.7 Å². The Hall–Kier alpha value is -2.70. The summed E-state index contributed by atoms with van der Waals surface area (Å²) in [7, 11) is 1.67. The Kier molecular flexibility index (Phi) is 7.38. The van der Waals surface area contributed by atoms with Gasteiger partial charge in [-0.15, -0.1) is 0 Å². The number of para-hydroxylation sites is 1. The van der Waals surface area contributed by atoms with E-state index in [2.05, 4.69) is 34.1 Å². The Morgan fingerprint density at radius 1 is 0.931 bits per heavy atom. The third-order valence-corrected chi connectivity index (χ3v) is 5.25. The number of ketones is 1. The zero-order chi connectivity index (χ0) is 20.6. The first-order valence-electron chi connectivity index (χ1n) is 10.1. The molecule has 154 valence electrons. The summed E-state index contributed by atoms with van der Waals surface area (Å²) in [6.45, 7) is 7.24. The molecule has 0 aliphatic carbocycles. The van der Waals surface area contributed by atoms with E-state index in [1.54, 1.807) is 31.3 Å². The molecule has 1 fully saturated rings. The molecule has 0 bridgehead atoms. The van der Waals surface area contributed by atoms with Crippen molar-refractivity contribution >= 4 is 11.9 Å². The minimum atomic E-state index is -0.456. The number of nitrogens with zero attached hydrogens (tertiary/aromatic N) is 3. The predicted octanol–water partition coefficient (Wildman–Crippen LogP) is 3.14. The summed E-state index contributed by atoms with van der Waals surface area (Å²) in [4.78, 5) is 31.0. The third kappa shape index (κ3) is 5.89. The highest BCUT2D eigenvalue weighted by atomic mass is 16.6. The summed E-state index contributed by atoms with van der Waals surface area (Å²) in [5.41, 5.74) is 1.77. The van der Waals surface area contributed by atoms with E-state index in [0.29, 0.717) is 24.4 Å². The second-order valence-electron chi connectivity index (χ2n) is 7.34. The van der Waals surface area contributed by atoms with Crippen LogP contribution in [0.5, 0.6) is 5.75 Å². The highest BCUT2D eigenvalue weighted by Crippen LogP contribution is 2.20. The number of amides is 1. The maximum atomic E-state index is 12.9. The minimum absolute atomic E-state index is 0.0240. The monoisotopic (exact) mass is 395 g/mol. The number of carbonyl (C=O) groups excluding carboxylic acids is 2. The van der Waals surface area contributed by atoms with Crippen LogP contribution in [-0.4, -0.2) is 72.9 Å². The van der Waals surface area contributed by atoms with Gasteiger partial charge in [-0.05, 0) is 24.6 Å². The Bertz CT molecular complexity index is 817. The lowest BCUT2D eigenvalue weighted by Gasteiger charge is -2.34. The highest BCUT2D eigenvalue weighted by Gasteiger charge is 2.22. The van der Waals surface area contributed by atoms with Crippen LogP contribution in [0.2, 0.25) is 0 Å². The number of benzene rings is 2. The van der Waals surface area contributed by atoms with Crippen LogP contribution in [-0.2, 0) is 6.54 Å². The summed E-state index contributed by atoms with van der Waals surface area (Å²) in [5.74, 6) is 0.301. The largest absolute Gasteiger partial charge is 0.414 e. The fourth-order valence-corrected chi connectivity index (χ4v) is 3.32. The lowest BCUT2D eigenvalue weighted by molar-refractivity contribution is 0.0841. The first-order valence-corrected chi connectivity index (χ1v) is 10.1. The lowest BCUT2D eigenvalue weighted by Crippen LogP contribution is -2.47. The van der Waals surface area contributed by atoms with Crippen LogP contribution in [0, 0.1) is 0 Å². The molecule has 0 radical (unpaired) electrons. The third-order valence-electron chi connectivity index (χ3n) is 5.25. The Morgan fingerprint density at radius 2 is 1.55 bits per heavy atom. The van der Waals surface area contributed by atoms with Crippen molar-refractivity contribution in [2.75, 3.05) is 46.3 Å². The number of rotatable bonds is 7. The van der Waals surface area contributed by atoms with E-state index >= 15 is 0 Å². The molecule has 0 spiro atoms. The fraction of sp³-hybridized carbons (Fsp3) is 0.391. The van der Waals surface area contributed by atoms with E-state index in [0.717, 1.165) is 32.7 Å². The molecule has 1 saturated heterocycles. The van der Waals surface area contributed by atoms with E-state index in [1.807, 2.05) is 13.0 Å². The predicted molar refractivity (Wildman–Crippen MR) is 113 cm³/mol. The number of hydrogen-bond donors (Lipinski definition) is 0. The van der Waals surface area contributed by atoms with Gasteiger partial charge in [0.1, 0.15) is 5.75 Å². The molecule has 0 aromatic heterocycles. The molecule has 1 aliphatic heterocycles. The van der Waals surface area contributed by atoms with Crippen molar-refractivity contribution in [3.8, 4) is 5.75 Å². The molecule has 0 atom stereocenters. The quantitative estimate of drug-likeness (QED) is 0.674. The van der Waals surface area contributed by atoms with Gasteiger partial charge in [-0.25, -0.2) is 4.79 Å². The van der Waals surface area contributed by atoms with Crippen LogP contribution >= 0.6 is 0 Å². The molecule has 0 unspecified atom stereocenters. The molecule has 1 amide bonds. The van der Waals surface area contributed by atoms with Gasteiger partial charge in [0.25, 0.3) is 0 Å². The van der Waals surface area contributed by atoms with Gasteiger partial charge in [-0.1, -0.05) is 42.5 Å². The normalized spacial score (nSPS) is 15.1. The summed E-state index contributed by atoms with van der Waals surface area (Å²) in [6.07, 6.45) is -0.456. The van der Waals surface area contributed by atoms with Gasteiger partial charge in [-0.3, -0.25) is 14.6 Å². The Morgan fingerprint density at radius 3 is 2.24 bits per heavy atom. The number of Topliss-reactive ketones (excluding diaryl/α,β-unsaturated/α-hetero) is 1. The standard InChI is InChI=1S/C23H29N3O3/c1-3-24(2)23(28)29-22-12-8-7-11-20(22)21(27)18-26-15-13-25(14-16-26)17-19-9-5-4-6-10-19/h4-12H,3,13-18H2,1-2H3. The average Bonchev–Trinajstić information content (AvgIpc) is 2.75. The zero-order valence-corrected chi connectivity index (χ0v) is 17.2. The molecule has 1 heterocycles. The molecular formula is C23H29N3O3. The van der Waals surface area contributed by atoms with Crippen LogP contribution in [0.1, 0.15) is 22.8 Å². The molecular weight excluding hydrogens is 366 g/mol. The maximum Gasteiger partial charge on any atom is 0.414 e. The summed E-state index contributed by atoms with van der Waals surface area (Å²) < 4.78 is 5.43. The summed E-state index contributed by atoms with van der Waals surface area (Å²) in [6, 6.07) is 17.4. The Balaban J connectivity index is 1.54. The maximum absolute atomic E-state index is 12.9. The average molecular weight is 396 g/mol. The van der Waals surface area contributed by atoms with Crippen LogP contribution < -0.4 is 4.74 Å². The first kappa shape index (κ1) is 21.0. The van der Waals surface area contributed by atoms with Crippen LogP contribution in [0.15, 0.2) is 54.6 Å². The second-order valence-corrected chi connectivity index (χ2v) is 7.34. The molecule has 3 rings (SSSR count). The molecule has 2 aromatic rings. The number of ether oxygens (including phenoxy) is 1. The van der Waals surface area contributed by atoms with Gasteiger partial charge >= 0.3 is 6.09 Å². The van der Waals surface area contributed by atoms with Crippen molar-refractivity contribution in [2.24, 2.45) is 0 Å². The van der Waals surface area contributed by atoms with E-state index in [1.165, 1.54) is 10.5 Å². The number of hydrogen-bond acceptors (Lipinski definition) is 5. The topological polar surface area (TPSA) is 53.1 Å². The molecule has 0 N–H and O–H groups in total. The van der Waals surface area contributed by atoms with Crippen molar-refractivity contribution in [2.45, 2.75) is 13.5 Å². The van der Waals surface area contributed by atoms with Crippen molar-refractivity contribution in [3.05, 3.63) is 65.7 Å². The lowest BCUT2D eigenvalue weighted by atomic mass is 10.1. The zero-order valence-electron chi connectivity index (χ0n) is 17.2. The smallest absolute Gasteiger partial charge is 0.409 e. The van der Waals surface area contributed by atoms with Gasteiger partial charge in [-0.2, -0.15) is 0 Å². The van der Waals surface area contributed by atoms with E-state index < -0.39 is 6.09 Å². The van der Waals surface area contributed by atoms with Crippen LogP contribution in [0.25, 0.3) is 0 Å². The summed E-state index contributed by atoms with van der Waals surface area (Å²) in [5, 5.41) is 0. The number of piperazine rings is 1. The minimum Gasteiger partial charge on any atom is -0.409 e. The van der Waals surface area contributed by atoms with E-state index in [4.69, 9.17) is 4.74 Å². The van der Waals surface area contributed by atoms with Gasteiger partial charge in [0.2, 0.25) is 0 Å². The summed E-state index contributed by atoms with van der Waals surface area (Å²) >= 11 is 0. The van der Waals surface area contributed by atoms with Crippen molar-refractivity contribution in [3.63, 3.8) is 0 Å². The number of carbonyl (C=O) groups is 2. The molecule has 2 aromatic carbocycles. The molecule has 0 saturated carbocycles. The Labute approximate surface area is 172 Å². The molecule has 1 aliphatic rings. The van der Waals surface area contributed by atoms with Crippen LogP contribution in [0.3, 0.4) is 0 Å². The molecule has 6 heteroatoms. The highest BCUT2D eigenvalue weighted by molar-refractivity contribution is 6.00. The first-order chi connectivity index (χ1) is 14.1. The van der Waals surface area contributed by atoms with Gasteiger partial charge in [0.15, 0.2) is 5.78 Å². The van der Waals surface area contributed by atoms with Crippen molar-refractivity contribution in [1.29, 1.82) is 0 Å². The SMILES string of the molecule is CCN(C)C(=O)Oc1ccccc1C(=O)CN1CCN(Cc2ccccc2)CC1. The second kappa shape index (κ2) is 10.2. The van der Waals surface area contributed by atoms with E-state index in [9.17, 15) is 9.59 Å². The van der Waals surface area contributed by atoms with Gasteiger partial charge < -0.3 is 9.64 Å². The molecule has 29 heavy (non-hydrogen) atoms. The fourth-order valence-electron chi connectivity index (χ4n) is 3.32.